The number of para-hydroxylation sites is 1. The molecular weight excluding hydrogens is 274 g/mol. The Labute approximate surface area is 129 Å². The summed E-state index contributed by atoms with van der Waals surface area (Å²) in [5.74, 6) is 1.63. The van der Waals surface area contributed by atoms with E-state index in [-0.39, 0.29) is 5.78 Å². The SMILES string of the molecule is Cc1nccn1CC1CC(=O)c2c(n(C)c3ccccc23)C1. The monoisotopic (exact) mass is 293 g/mol. The summed E-state index contributed by atoms with van der Waals surface area (Å²) < 4.78 is 4.33. The first-order valence-electron chi connectivity index (χ1n) is 7.72. The van der Waals surface area contributed by atoms with E-state index in [0.717, 1.165) is 35.3 Å². The van der Waals surface area contributed by atoms with Gasteiger partial charge in [-0.25, -0.2) is 4.98 Å². The third-order valence-corrected chi connectivity index (χ3v) is 4.84. The molecule has 0 radical (unpaired) electrons. The van der Waals surface area contributed by atoms with Gasteiger partial charge in [0.15, 0.2) is 5.78 Å². The van der Waals surface area contributed by atoms with Crippen molar-refractivity contribution >= 4 is 16.7 Å². The van der Waals surface area contributed by atoms with Crippen molar-refractivity contribution in [2.75, 3.05) is 0 Å². The number of aromatic nitrogens is 3. The smallest absolute Gasteiger partial charge is 0.165 e. The van der Waals surface area contributed by atoms with E-state index in [2.05, 4.69) is 33.3 Å². The van der Waals surface area contributed by atoms with Crippen LogP contribution in [0.15, 0.2) is 36.7 Å². The lowest BCUT2D eigenvalue weighted by Crippen LogP contribution is -2.25. The number of Topliss-reactive ketones (excluding diaryl/α,β-unsaturated/α-hetero) is 1. The van der Waals surface area contributed by atoms with Gasteiger partial charge in [-0.2, -0.15) is 0 Å². The van der Waals surface area contributed by atoms with E-state index in [1.54, 1.807) is 0 Å². The fraction of sp³-hybridized carbons (Fsp3) is 0.333. The Hall–Kier alpha value is -2.36. The lowest BCUT2D eigenvalue weighted by Gasteiger charge is -2.23. The molecular formula is C18H19N3O. The first-order chi connectivity index (χ1) is 10.6. The maximum atomic E-state index is 12.7. The van der Waals surface area contributed by atoms with Crippen LogP contribution in [-0.2, 0) is 20.0 Å². The van der Waals surface area contributed by atoms with Crippen LogP contribution in [0, 0.1) is 12.8 Å². The fourth-order valence-corrected chi connectivity index (χ4v) is 3.71. The number of benzene rings is 1. The minimum atomic E-state index is 0.279. The molecule has 1 unspecified atom stereocenters. The molecule has 1 atom stereocenters. The van der Waals surface area contributed by atoms with Gasteiger partial charge in [0.1, 0.15) is 5.82 Å². The van der Waals surface area contributed by atoms with Gasteiger partial charge >= 0.3 is 0 Å². The maximum absolute atomic E-state index is 12.7. The summed E-state index contributed by atoms with van der Waals surface area (Å²) in [5, 5.41) is 1.10. The largest absolute Gasteiger partial charge is 0.347 e. The first-order valence-corrected chi connectivity index (χ1v) is 7.72. The summed E-state index contributed by atoms with van der Waals surface area (Å²) in [6, 6.07) is 8.20. The molecule has 1 aliphatic carbocycles. The predicted octanol–water partition coefficient (Wildman–Crippen LogP) is 3.13. The van der Waals surface area contributed by atoms with Gasteiger partial charge in [-0.3, -0.25) is 4.79 Å². The highest BCUT2D eigenvalue weighted by molar-refractivity contribution is 6.10. The van der Waals surface area contributed by atoms with Crippen molar-refractivity contribution in [2.45, 2.75) is 26.3 Å². The molecule has 2 heterocycles. The van der Waals surface area contributed by atoms with Crippen molar-refractivity contribution < 1.29 is 4.79 Å². The van der Waals surface area contributed by atoms with Crippen molar-refractivity contribution in [1.29, 1.82) is 0 Å². The molecule has 4 nitrogen and oxygen atoms in total. The molecule has 0 N–H and O–H groups in total. The van der Waals surface area contributed by atoms with Crippen LogP contribution in [0.3, 0.4) is 0 Å². The number of rotatable bonds is 2. The average molecular weight is 293 g/mol. The number of carbonyl (C=O) groups is 1. The molecule has 4 heteroatoms. The normalized spacial score (nSPS) is 17.9. The van der Waals surface area contributed by atoms with Crippen LogP contribution in [0.4, 0.5) is 0 Å². The summed E-state index contributed by atoms with van der Waals surface area (Å²) in [6.07, 6.45) is 5.39. The van der Waals surface area contributed by atoms with Gasteiger partial charge in [0.25, 0.3) is 0 Å². The number of hydrogen-bond acceptors (Lipinski definition) is 2. The minimum Gasteiger partial charge on any atom is -0.347 e. The zero-order valence-corrected chi connectivity index (χ0v) is 12.9. The van der Waals surface area contributed by atoms with Gasteiger partial charge in [0.2, 0.25) is 0 Å². The van der Waals surface area contributed by atoms with E-state index >= 15 is 0 Å². The Morgan fingerprint density at radius 1 is 1.27 bits per heavy atom. The third-order valence-electron chi connectivity index (χ3n) is 4.84. The van der Waals surface area contributed by atoms with Crippen LogP contribution in [0.1, 0.15) is 28.3 Å². The number of ketones is 1. The van der Waals surface area contributed by atoms with Gasteiger partial charge in [-0.15, -0.1) is 0 Å². The fourth-order valence-electron chi connectivity index (χ4n) is 3.71. The number of hydrogen-bond donors (Lipinski definition) is 0. The second-order valence-corrected chi connectivity index (χ2v) is 6.22. The molecule has 0 fully saturated rings. The minimum absolute atomic E-state index is 0.279. The average Bonchev–Trinajstić information content (AvgIpc) is 3.03. The molecule has 0 saturated heterocycles. The second kappa shape index (κ2) is 4.83. The lowest BCUT2D eigenvalue weighted by atomic mass is 9.85. The van der Waals surface area contributed by atoms with Crippen molar-refractivity contribution in [2.24, 2.45) is 13.0 Å². The molecule has 3 aromatic rings. The summed E-state index contributed by atoms with van der Waals surface area (Å²) in [4.78, 5) is 17.0. The molecule has 22 heavy (non-hydrogen) atoms. The Kier molecular flexibility index (Phi) is 2.93. The van der Waals surface area contributed by atoms with Crippen LogP contribution >= 0.6 is 0 Å². The van der Waals surface area contributed by atoms with Crippen molar-refractivity contribution in [1.82, 2.24) is 14.1 Å². The second-order valence-electron chi connectivity index (χ2n) is 6.22. The molecule has 0 bridgehead atoms. The Balaban J connectivity index is 1.74. The Morgan fingerprint density at radius 2 is 2.09 bits per heavy atom. The van der Waals surface area contributed by atoms with E-state index < -0.39 is 0 Å². The Morgan fingerprint density at radius 3 is 2.86 bits per heavy atom. The maximum Gasteiger partial charge on any atom is 0.165 e. The van der Waals surface area contributed by atoms with Crippen molar-refractivity contribution in [3.05, 3.63) is 53.7 Å². The van der Waals surface area contributed by atoms with E-state index in [4.69, 9.17) is 0 Å². The number of nitrogens with zero attached hydrogens (tertiary/aromatic N) is 3. The summed E-state index contributed by atoms with van der Waals surface area (Å²) >= 11 is 0. The van der Waals surface area contributed by atoms with Crippen LogP contribution in [0.25, 0.3) is 10.9 Å². The molecule has 4 rings (SSSR count). The molecule has 112 valence electrons. The summed E-state index contributed by atoms with van der Waals surface area (Å²) in [6.45, 7) is 2.87. The van der Waals surface area contributed by atoms with Crippen LogP contribution in [0.5, 0.6) is 0 Å². The molecule has 1 aliphatic rings. The zero-order chi connectivity index (χ0) is 15.3. The van der Waals surface area contributed by atoms with Crippen molar-refractivity contribution in [3.8, 4) is 0 Å². The van der Waals surface area contributed by atoms with E-state index in [1.807, 2.05) is 31.5 Å². The predicted molar refractivity (Wildman–Crippen MR) is 86.0 cm³/mol. The van der Waals surface area contributed by atoms with Gasteiger partial charge in [-0.1, -0.05) is 18.2 Å². The van der Waals surface area contributed by atoms with Gasteiger partial charge in [-0.05, 0) is 25.3 Å². The van der Waals surface area contributed by atoms with Gasteiger partial charge in [0.05, 0.1) is 0 Å². The van der Waals surface area contributed by atoms with Crippen LogP contribution in [-0.4, -0.2) is 19.9 Å². The van der Waals surface area contributed by atoms with Gasteiger partial charge in [0, 0.05) is 54.6 Å². The third kappa shape index (κ3) is 1.90. The van der Waals surface area contributed by atoms with E-state index in [1.165, 1.54) is 5.69 Å². The van der Waals surface area contributed by atoms with Crippen molar-refractivity contribution in [3.63, 3.8) is 0 Å². The standard InChI is InChI=1S/C18H19N3O/c1-12-19-7-8-21(12)11-13-9-16-18(17(22)10-13)14-5-3-4-6-15(14)20(16)2/h3-8,13H,9-11H2,1-2H3. The zero-order valence-electron chi connectivity index (χ0n) is 12.9. The number of fused-ring (bicyclic) bond motifs is 3. The Bertz CT molecular complexity index is 872. The van der Waals surface area contributed by atoms with Crippen LogP contribution < -0.4 is 0 Å². The summed E-state index contributed by atoms with van der Waals surface area (Å²) in [5.41, 5.74) is 3.28. The molecule has 0 saturated carbocycles. The molecule has 1 aromatic carbocycles. The topological polar surface area (TPSA) is 39.8 Å². The molecule has 0 spiro atoms. The number of carbonyl (C=O) groups excluding carboxylic acids is 1. The number of imidazole rings is 1. The highest BCUT2D eigenvalue weighted by atomic mass is 16.1. The van der Waals surface area contributed by atoms with E-state index in [9.17, 15) is 4.79 Å². The van der Waals surface area contributed by atoms with Gasteiger partial charge < -0.3 is 9.13 Å². The van der Waals surface area contributed by atoms with Crippen LogP contribution in [0.2, 0.25) is 0 Å². The molecule has 0 amide bonds. The highest BCUT2D eigenvalue weighted by Crippen LogP contribution is 2.34. The number of aryl methyl sites for hydroxylation is 2. The van der Waals surface area contributed by atoms with E-state index in [0.29, 0.717) is 12.3 Å². The first kappa shape index (κ1) is 13.3. The molecule has 0 aliphatic heterocycles. The lowest BCUT2D eigenvalue weighted by molar-refractivity contribution is 0.0943. The highest BCUT2D eigenvalue weighted by Gasteiger charge is 2.30. The molecule has 2 aromatic heterocycles. The summed E-state index contributed by atoms with van der Waals surface area (Å²) in [7, 11) is 2.07. The quantitative estimate of drug-likeness (QED) is 0.728.